The van der Waals surface area contributed by atoms with Gasteiger partial charge >= 0.3 is 0 Å². The number of halogens is 1. The van der Waals surface area contributed by atoms with Crippen molar-refractivity contribution in [2.45, 2.75) is 11.3 Å². The van der Waals surface area contributed by atoms with Crippen LogP contribution in [0, 0.1) is 0 Å². The topological polar surface area (TPSA) is 107 Å². The lowest BCUT2D eigenvalue weighted by Crippen LogP contribution is -2.26. The molecule has 0 saturated heterocycles. The van der Waals surface area contributed by atoms with Gasteiger partial charge in [0.2, 0.25) is 16.8 Å². The number of allylic oxidation sites excluding steroid dienone is 1. The van der Waals surface area contributed by atoms with Gasteiger partial charge < -0.3 is 14.8 Å². The Hall–Kier alpha value is -3.92. The zero-order valence-corrected chi connectivity index (χ0v) is 21.8. The second-order valence-corrected chi connectivity index (χ2v) is 10.8. The van der Waals surface area contributed by atoms with Crippen LogP contribution >= 0.6 is 11.6 Å². The highest BCUT2D eigenvalue weighted by Gasteiger charge is 2.15. The number of aromatic nitrogens is 1. The predicted molar refractivity (Wildman–Crippen MR) is 147 cm³/mol. The number of hydrogen-bond donors (Lipinski definition) is 2. The number of pyridine rings is 1. The summed E-state index contributed by atoms with van der Waals surface area (Å²) < 4.78 is 38.6. The summed E-state index contributed by atoms with van der Waals surface area (Å²) in [5, 5.41) is 5.85. The summed E-state index contributed by atoms with van der Waals surface area (Å²) in [6.07, 6.45) is 7.15. The van der Waals surface area contributed by atoms with E-state index < -0.39 is 10.0 Å². The van der Waals surface area contributed by atoms with Gasteiger partial charge in [0.05, 0.1) is 16.8 Å². The van der Waals surface area contributed by atoms with E-state index in [1.165, 1.54) is 30.3 Å². The Balaban J connectivity index is 1.12. The first-order chi connectivity index (χ1) is 18.4. The number of nitrogens with one attached hydrogen (secondary N) is 2. The number of sulfonamides is 1. The zero-order valence-electron chi connectivity index (χ0n) is 20.2. The molecule has 0 unspecified atom stereocenters. The van der Waals surface area contributed by atoms with Crippen molar-refractivity contribution in [1.29, 1.82) is 0 Å². The second-order valence-electron chi connectivity index (χ2n) is 8.57. The van der Waals surface area contributed by atoms with Gasteiger partial charge in [-0.3, -0.25) is 9.78 Å². The molecule has 10 heteroatoms. The fourth-order valence-electron chi connectivity index (χ4n) is 3.97. The van der Waals surface area contributed by atoms with Crippen LogP contribution in [0.1, 0.15) is 22.3 Å². The third-order valence-corrected chi connectivity index (χ3v) is 7.67. The van der Waals surface area contributed by atoms with Crippen molar-refractivity contribution >= 4 is 49.9 Å². The van der Waals surface area contributed by atoms with Gasteiger partial charge in [0.15, 0.2) is 17.3 Å². The molecule has 0 saturated carbocycles. The molecule has 1 aromatic heterocycles. The monoisotopic (exact) mass is 549 g/mol. The van der Waals surface area contributed by atoms with Gasteiger partial charge in [-0.1, -0.05) is 29.8 Å². The second kappa shape index (κ2) is 11.2. The van der Waals surface area contributed by atoms with Gasteiger partial charge in [0.25, 0.3) is 0 Å². The number of carbonyl (C=O) groups excluding carboxylic acids is 1. The number of carbonyl (C=O) groups is 1. The smallest absolute Gasteiger partial charge is 0.240 e. The Morgan fingerprint density at radius 1 is 0.974 bits per heavy atom. The van der Waals surface area contributed by atoms with Crippen LogP contribution in [0.5, 0.6) is 11.5 Å². The van der Waals surface area contributed by atoms with E-state index in [0.717, 1.165) is 22.0 Å². The van der Waals surface area contributed by atoms with Crippen molar-refractivity contribution in [1.82, 2.24) is 9.71 Å². The number of fused-ring (bicyclic) bond motifs is 2. The Labute approximate surface area is 225 Å². The molecule has 0 bridgehead atoms. The van der Waals surface area contributed by atoms with Crippen LogP contribution in [-0.2, 0) is 10.0 Å². The van der Waals surface area contributed by atoms with Crippen molar-refractivity contribution in [3.63, 3.8) is 0 Å². The molecule has 0 aliphatic carbocycles. The average molecular weight is 550 g/mol. The predicted octanol–water partition coefficient (Wildman–Crippen LogP) is 5.29. The first-order valence-electron chi connectivity index (χ1n) is 11.9. The summed E-state index contributed by atoms with van der Waals surface area (Å²) in [6.45, 7) is 0.981. The van der Waals surface area contributed by atoms with Crippen LogP contribution in [0.4, 0.5) is 5.69 Å². The fraction of sp³-hybridized carbons (Fsp3) is 0.143. The maximum atomic E-state index is 12.7. The van der Waals surface area contributed by atoms with Crippen molar-refractivity contribution in [2.75, 3.05) is 25.2 Å². The molecule has 5 rings (SSSR count). The molecule has 0 radical (unpaired) electrons. The van der Waals surface area contributed by atoms with Gasteiger partial charge in [-0.25, -0.2) is 13.1 Å². The van der Waals surface area contributed by atoms with Crippen molar-refractivity contribution in [2.24, 2.45) is 0 Å². The minimum absolute atomic E-state index is 0.0943. The highest BCUT2D eigenvalue weighted by atomic mass is 35.5. The van der Waals surface area contributed by atoms with E-state index in [0.29, 0.717) is 35.1 Å². The van der Waals surface area contributed by atoms with E-state index in [1.807, 2.05) is 24.3 Å². The van der Waals surface area contributed by atoms with Crippen LogP contribution in [0.2, 0.25) is 5.02 Å². The third kappa shape index (κ3) is 5.96. The van der Waals surface area contributed by atoms with E-state index in [1.54, 1.807) is 30.6 Å². The van der Waals surface area contributed by atoms with Crippen molar-refractivity contribution in [3.8, 4) is 11.5 Å². The summed E-state index contributed by atoms with van der Waals surface area (Å²) in [7, 11) is -3.71. The van der Waals surface area contributed by atoms with E-state index in [4.69, 9.17) is 21.1 Å². The molecule has 38 heavy (non-hydrogen) atoms. The summed E-state index contributed by atoms with van der Waals surface area (Å²) in [4.78, 5) is 16.9. The van der Waals surface area contributed by atoms with Crippen LogP contribution < -0.4 is 19.5 Å². The Bertz CT molecular complexity index is 1620. The minimum atomic E-state index is -3.71. The van der Waals surface area contributed by atoms with E-state index >= 15 is 0 Å². The first-order valence-corrected chi connectivity index (χ1v) is 13.7. The van der Waals surface area contributed by atoms with Gasteiger partial charge in [-0.05, 0) is 66.6 Å². The summed E-state index contributed by atoms with van der Waals surface area (Å²) in [6, 6.07) is 16.8. The molecule has 2 N–H and O–H groups in total. The Morgan fingerprint density at radius 2 is 1.79 bits per heavy atom. The maximum Gasteiger partial charge on any atom is 0.240 e. The molecule has 0 fully saturated rings. The largest absolute Gasteiger partial charge is 0.454 e. The lowest BCUT2D eigenvalue weighted by atomic mass is 10.1. The van der Waals surface area contributed by atoms with E-state index in [-0.39, 0.29) is 24.0 Å². The summed E-state index contributed by atoms with van der Waals surface area (Å²) in [5.74, 6) is 1.06. The number of anilines is 1. The highest BCUT2D eigenvalue weighted by Crippen LogP contribution is 2.32. The summed E-state index contributed by atoms with van der Waals surface area (Å²) >= 11 is 6.05. The number of ether oxygens (including phenoxy) is 2. The number of rotatable bonds is 10. The molecule has 0 spiro atoms. The lowest BCUT2D eigenvalue weighted by Gasteiger charge is -2.10. The van der Waals surface area contributed by atoms with Crippen LogP contribution in [-0.4, -0.2) is 39.1 Å². The van der Waals surface area contributed by atoms with Gasteiger partial charge in [-0.2, -0.15) is 0 Å². The quantitative estimate of drug-likeness (QED) is 0.157. The molecule has 8 nitrogen and oxygen atoms in total. The highest BCUT2D eigenvalue weighted by molar-refractivity contribution is 7.89. The standard InChI is InChI=1S/C28H24ClN3O5S/c29-22-6-9-24-21(15-22)16-30-17-25(24)31-12-1-13-32-38(34,35)23-7-4-20(5-8-23)26(33)10-2-19-3-11-27-28(14-19)37-18-36-27/h2-11,14-17,31-32H,1,12-13,18H2/b10-2+. The molecule has 0 amide bonds. The van der Waals surface area contributed by atoms with Crippen LogP contribution in [0.3, 0.4) is 0 Å². The molecular formula is C28H24ClN3O5S. The SMILES string of the molecule is O=C(/C=C/c1ccc2c(c1)OCO2)c1ccc(S(=O)(=O)NCCCNc2cncc3cc(Cl)ccc23)cc1. The van der Waals surface area contributed by atoms with E-state index in [9.17, 15) is 13.2 Å². The number of hydrogen-bond acceptors (Lipinski definition) is 7. The number of ketones is 1. The zero-order chi connectivity index (χ0) is 26.5. The maximum absolute atomic E-state index is 12.7. The molecule has 1 aliphatic rings. The molecule has 4 aromatic rings. The normalized spacial score (nSPS) is 12.8. The van der Waals surface area contributed by atoms with Crippen molar-refractivity contribution < 1.29 is 22.7 Å². The first kappa shape index (κ1) is 25.7. The van der Waals surface area contributed by atoms with Crippen LogP contribution in [0.25, 0.3) is 16.8 Å². The Kier molecular flexibility index (Phi) is 7.59. The third-order valence-electron chi connectivity index (χ3n) is 5.96. The lowest BCUT2D eigenvalue weighted by molar-refractivity contribution is 0.104. The van der Waals surface area contributed by atoms with Crippen LogP contribution in [0.15, 0.2) is 84.0 Å². The number of benzene rings is 3. The van der Waals surface area contributed by atoms with Gasteiger partial charge in [0, 0.05) is 40.6 Å². The molecule has 194 valence electrons. The molecule has 3 aromatic carbocycles. The fourth-order valence-corrected chi connectivity index (χ4v) is 5.23. The van der Waals surface area contributed by atoms with E-state index in [2.05, 4.69) is 15.0 Å². The minimum Gasteiger partial charge on any atom is -0.454 e. The number of nitrogens with zero attached hydrogens (tertiary/aromatic N) is 1. The molecule has 1 aliphatic heterocycles. The molecule has 0 atom stereocenters. The van der Waals surface area contributed by atoms with Crippen molar-refractivity contribution in [3.05, 3.63) is 95.3 Å². The Morgan fingerprint density at radius 3 is 2.63 bits per heavy atom. The van der Waals surface area contributed by atoms with Gasteiger partial charge in [-0.15, -0.1) is 0 Å². The van der Waals surface area contributed by atoms with Gasteiger partial charge in [0.1, 0.15) is 0 Å². The summed E-state index contributed by atoms with van der Waals surface area (Å²) in [5.41, 5.74) is 2.03. The average Bonchev–Trinajstić information content (AvgIpc) is 3.39. The molecular weight excluding hydrogens is 526 g/mol. The molecule has 2 heterocycles.